The second-order valence-corrected chi connectivity index (χ2v) is 10.6. The van der Waals surface area contributed by atoms with Crippen LogP contribution in [0.1, 0.15) is 43.7 Å². The summed E-state index contributed by atoms with van der Waals surface area (Å²) in [5.74, 6) is -0.595. The first-order chi connectivity index (χ1) is 18.7. The number of hydrogen-bond donors (Lipinski definition) is 0. The zero-order valence-electron chi connectivity index (χ0n) is 23.2. The Kier molecular flexibility index (Phi) is 9.18. The molecule has 0 radical (unpaired) electrons. The van der Waals surface area contributed by atoms with Crippen molar-refractivity contribution in [3.05, 3.63) is 89.8 Å². The number of anilines is 2. The van der Waals surface area contributed by atoms with Crippen molar-refractivity contribution in [2.75, 3.05) is 31.0 Å². The van der Waals surface area contributed by atoms with Gasteiger partial charge in [0.1, 0.15) is 5.82 Å². The Bertz CT molecular complexity index is 1320. The Hall–Kier alpha value is -3.93. The number of methoxy groups -OCH3 is 1. The summed E-state index contributed by atoms with van der Waals surface area (Å²) in [6, 6.07) is 21.0. The average Bonchev–Trinajstić information content (AvgIpc) is 2.94. The average molecular weight is 529 g/mol. The van der Waals surface area contributed by atoms with Crippen LogP contribution in [0.2, 0.25) is 0 Å². The van der Waals surface area contributed by atoms with Gasteiger partial charge in [0.15, 0.2) is 0 Å². The molecular weight excluding hydrogens is 491 g/mol. The minimum Gasteiger partial charge on any atom is -0.466 e. The molecule has 0 aromatic heterocycles. The van der Waals surface area contributed by atoms with Crippen LogP contribution in [0.5, 0.6) is 0 Å². The number of halogens is 1. The van der Waals surface area contributed by atoms with E-state index in [0.717, 1.165) is 48.1 Å². The molecule has 0 saturated heterocycles. The van der Waals surface area contributed by atoms with Crippen LogP contribution >= 0.6 is 0 Å². The number of carbonyl (C=O) groups is 2. The summed E-state index contributed by atoms with van der Waals surface area (Å²) in [5, 5.41) is 0. The van der Waals surface area contributed by atoms with Crippen LogP contribution in [-0.4, -0.2) is 33.1 Å². The van der Waals surface area contributed by atoms with Crippen LogP contribution in [0, 0.1) is 17.7 Å². The minimum absolute atomic E-state index is 0.0124. The first-order valence-corrected chi connectivity index (χ1v) is 13.5. The Morgan fingerprint density at radius 1 is 0.949 bits per heavy atom. The predicted octanol–water partition coefficient (Wildman–Crippen LogP) is 7.10. The van der Waals surface area contributed by atoms with E-state index in [-0.39, 0.29) is 11.8 Å². The van der Waals surface area contributed by atoms with E-state index in [1.165, 1.54) is 31.4 Å². The quantitative estimate of drug-likeness (QED) is 0.231. The molecule has 1 saturated carbocycles. The number of hydrogen-bond acceptors (Lipinski definition) is 4. The summed E-state index contributed by atoms with van der Waals surface area (Å²) in [4.78, 5) is 29.2. The van der Waals surface area contributed by atoms with Gasteiger partial charge in [0.05, 0.1) is 13.7 Å². The molecule has 1 amide bonds. The highest BCUT2D eigenvalue weighted by molar-refractivity contribution is 5.95. The molecule has 1 fully saturated rings. The summed E-state index contributed by atoms with van der Waals surface area (Å²) < 4.78 is 19.4. The van der Waals surface area contributed by atoms with Crippen molar-refractivity contribution in [3.8, 4) is 11.1 Å². The molecule has 1 unspecified atom stereocenters. The number of rotatable bonds is 8. The monoisotopic (exact) mass is 528 g/mol. The molecule has 1 aliphatic rings. The van der Waals surface area contributed by atoms with Gasteiger partial charge in [-0.25, -0.2) is 9.18 Å². The van der Waals surface area contributed by atoms with Crippen molar-refractivity contribution in [3.63, 3.8) is 0 Å². The van der Waals surface area contributed by atoms with E-state index >= 15 is 0 Å². The van der Waals surface area contributed by atoms with Gasteiger partial charge in [-0.05, 0) is 77.4 Å². The number of nitrogens with zero attached hydrogens (tertiary/aromatic N) is 2. The third-order valence-corrected chi connectivity index (χ3v) is 7.39. The highest BCUT2D eigenvalue weighted by Crippen LogP contribution is 2.33. The van der Waals surface area contributed by atoms with Crippen LogP contribution in [-0.2, 0) is 20.9 Å². The molecule has 3 aromatic rings. The van der Waals surface area contributed by atoms with Crippen molar-refractivity contribution < 1.29 is 18.7 Å². The molecule has 0 heterocycles. The van der Waals surface area contributed by atoms with Crippen LogP contribution in [0.4, 0.5) is 15.8 Å². The summed E-state index contributed by atoms with van der Waals surface area (Å²) in [6.07, 6.45) is 6.57. The van der Waals surface area contributed by atoms with Gasteiger partial charge in [0, 0.05) is 37.5 Å². The third-order valence-electron chi connectivity index (χ3n) is 7.39. The van der Waals surface area contributed by atoms with E-state index in [2.05, 4.69) is 53.0 Å². The molecule has 6 heteroatoms. The van der Waals surface area contributed by atoms with E-state index in [1.54, 1.807) is 11.0 Å². The highest BCUT2D eigenvalue weighted by atomic mass is 19.1. The van der Waals surface area contributed by atoms with E-state index in [1.807, 2.05) is 26.2 Å². The molecular formula is C33H37FN2O3. The number of ether oxygens (including phenoxy) is 1. The summed E-state index contributed by atoms with van der Waals surface area (Å²) in [6.45, 7) is 2.51. The molecule has 3 aromatic carbocycles. The van der Waals surface area contributed by atoms with Crippen LogP contribution in [0.3, 0.4) is 0 Å². The first kappa shape index (κ1) is 28.1. The van der Waals surface area contributed by atoms with Gasteiger partial charge >= 0.3 is 5.97 Å². The van der Waals surface area contributed by atoms with E-state index < -0.39 is 11.8 Å². The second kappa shape index (κ2) is 12.7. The van der Waals surface area contributed by atoms with Gasteiger partial charge in [0.25, 0.3) is 0 Å². The van der Waals surface area contributed by atoms with Gasteiger partial charge in [-0.3, -0.25) is 4.79 Å². The maximum absolute atomic E-state index is 14.7. The summed E-state index contributed by atoms with van der Waals surface area (Å²) in [5.41, 5.74) is 5.26. The summed E-state index contributed by atoms with van der Waals surface area (Å²) >= 11 is 0. The van der Waals surface area contributed by atoms with Crippen molar-refractivity contribution in [1.82, 2.24) is 0 Å². The van der Waals surface area contributed by atoms with Gasteiger partial charge in [-0.15, -0.1) is 0 Å². The molecule has 0 aliphatic heterocycles. The van der Waals surface area contributed by atoms with E-state index in [9.17, 15) is 14.0 Å². The van der Waals surface area contributed by atoms with Crippen molar-refractivity contribution in [2.24, 2.45) is 11.8 Å². The van der Waals surface area contributed by atoms with E-state index in [4.69, 9.17) is 0 Å². The Morgan fingerprint density at radius 3 is 2.23 bits per heavy atom. The molecule has 0 bridgehead atoms. The number of esters is 1. The van der Waals surface area contributed by atoms with Gasteiger partial charge < -0.3 is 14.5 Å². The summed E-state index contributed by atoms with van der Waals surface area (Å²) in [7, 11) is 5.32. The lowest BCUT2D eigenvalue weighted by Crippen LogP contribution is -2.37. The maximum atomic E-state index is 14.7. The SMILES string of the molecule is COC(=O)/C=C/c1cc(F)cc(N(Cc2ccc(-c3ccc(N(C)C)cc3)cc2)C(=O)C2CCC[C@@H](C)C2)c1. The first-order valence-electron chi connectivity index (χ1n) is 13.5. The number of benzene rings is 3. The molecule has 0 spiro atoms. The highest BCUT2D eigenvalue weighted by Gasteiger charge is 2.30. The van der Waals surface area contributed by atoms with E-state index in [0.29, 0.717) is 23.7 Å². The number of carbonyl (C=O) groups excluding carboxylic acids is 2. The van der Waals surface area contributed by atoms with Crippen LogP contribution in [0.25, 0.3) is 17.2 Å². The fourth-order valence-electron chi connectivity index (χ4n) is 5.19. The van der Waals surface area contributed by atoms with Gasteiger partial charge in [0.2, 0.25) is 5.91 Å². The van der Waals surface area contributed by atoms with Crippen LogP contribution in [0.15, 0.2) is 72.8 Å². The second-order valence-electron chi connectivity index (χ2n) is 10.6. The lowest BCUT2D eigenvalue weighted by Gasteiger charge is -2.32. The van der Waals surface area contributed by atoms with Gasteiger partial charge in [-0.2, -0.15) is 0 Å². The Balaban J connectivity index is 1.63. The molecule has 4 rings (SSSR count). The molecule has 5 nitrogen and oxygen atoms in total. The molecule has 2 atom stereocenters. The largest absolute Gasteiger partial charge is 0.466 e. The van der Waals surface area contributed by atoms with Crippen molar-refractivity contribution >= 4 is 29.3 Å². The lowest BCUT2D eigenvalue weighted by atomic mass is 9.81. The normalized spacial score (nSPS) is 17.2. The standard InChI is InChI=1S/C33H37FN2O3/c1-23-6-5-7-28(18-23)33(38)36(31-20-25(19-29(34)21-31)10-17-32(37)39-4)22-24-8-11-26(12-9-24)27-13-15-30(16-14-27)35(2)3/h8-17,19-21,23,28H,5-7,18,22H2,1-4H3/b17-10+/t23-,28?/m1/s1. The Morgan fingerprint density at radius 2 is 1.62 bits per heavy atom. The molecule has 1 aliphatic carbocycles. The minimum atomic E-state index is -0.526. The molecule has 0 N–H and O–H groups in total. The maximum Gasteiger partial charge on any atom is 0.330 e. The number of amides is 1. The zero-order valence-corrected chi connectivity index (χ0v) is 23.2. The van der Waals surface area contributed by atoms with Crippen molar-refractivity contribution in [1.29, 1.82) is 0 Å². The molecule has 204 valence electrons. The fourth-order valence-corrected chi connectivity index (χ4v) is 5.19. The Labute approximate surface area is 230 Å². The lowest BCUT2D eigenvalue weighted by molar-refractivity contribution is -0.134. The predicted molar refractivity (Wildman–Crippen MR) is 156 cm³/mol. The van der Waals surface area contributed by atoms with Gasteiger partial charge in [-0.1, -0.05) is 56.2 Å². The van der Waals surface area contributed by atoms with Crippen LogP contribution < -0.4 is 9.80 Å². The smallest absolute Gasteiger partial charge is 0.330 e. The molecule has 39 heavy (non-hydrogen) atoms. The zero-order chi connectivity index (χ0) is 27.9. The topological polar surface area (TPSA) is 49.9 Å². The fraction of sp³-hybridized carbons (Fsp3) is 0.333. The third kappa shape index (κ3) is 7.34. The van der Waals surface area contributed by atoms with Crippen molar-refractivity contribution in [2.45, 2.75) is 39.2 Å².